The predicted octanol–water partition coefficient (Wildman–Crippen LogP) is 21.6. The lowest BCUT2D eigenvalue weighted by Gasteiger charge is -2.21. The van der Waals surface area contributed by atoms with Crippen LogP contribution in [0, 0.1) is 11.8 Å². The minimum atomic E-state index is -4.95. The molecule has 17 nitrogen and oxygen atoms in total. The first-order valence-corrected chi connectivity index (χ1v) is 41.5. The first kappa shape index (κ1) is 91.1. The van der Waals surface area contributed by atoms with Gasteiger partial charge in [-0.15, -0.1) is 0 Å². The summed E-state index contributed by atoms with van der Waals surface area (Å²) in [5.41, 5.74) is 0. The number of ether oxygens (including phenoxy) is 4. The fraction of sp³-hybridized carbons (Fsp3) is 0.946. The summed E-state index contributed by atoms with van der Waals surface area (Å²) in [6, 6.07) is 0. The second-order valence-electron chi connectivity index (χ2n) is 27.4. The lowest BCUT2D eigenvalue weighted by atomic mass is 9.99. The molecule has 0 heterocycles. The Bertz CT molecular complexity index is 1810. The van der Waals surface area contributed by atoms with Gasteiger partial charge in [-0.2, -0.15) is 0 Å². The van der Waals surface area contributed by atoms with Crippen LogP contribution in [0.5, 0.6) is 0 Å². The molecule has 0 radical (unpaired) electrons. The lowest BCUT2D eigenvalue weighted by molar-refractivity contribution is -0.161. The Morgan fingerprint density at radius 1 is 0.312 bits per heavy atom. The molecule has 0 aliphatic heterocycles. The number of hydrogen-bond donors (Lipinski definition) is 3. The van der Waals surface area contributed by atoms with E-state index in [9.17, 15) is 43.2 Å². The van der Waals surface area contributed by atoms with Gasteiger partial charge >= 0.3 is 39.5 Å². The molecule has 0 saturated carbocycles. The normalized spacial score (nSPS) is 14.3. The van der Waals surface area contributed by atoms with Crippen molar-refractivity contribution in [3.05, 3.63) is 0 Å². The summed E-state index contributed by atoms with van der Waals surface area (Å²) in [5.74, 6) is -0.587. The number of hydrogen-bond acceptors (Lipinski definition) is 15. The minimum absolute atomic E-state index is 0.107. The molecule has 0 aromatic carbocycles. The molecule has 6 atom stereocenters. The fourth-order valence-corrected chi connectivity index (χ4v) is 12.8. The minimum Gasteiger partial charge on any atom is -0.462 e. The van der Waals surface area contributed by atoms with Crippen molar-refractivity contribution in [3.63, 3.8) is 0 Å². The second kappa shape index (κ2) is 66.0. The molecule has 0 spiro atoms. The van der Waals surface area contributed by atoms with E-state index in [1.807, 2.05) is 0 Å². The van der Waals surface area contributed by atoms with Crippen LogP contribution in [0.15, 0.2) is 0 Å². The standard InChI is InChI=1S/C74H144O17P2/c1-7-10-12-14-16-18-20-22-24-26-31-38-44-50-56-71(76)84-62-69(91-74(79)59-53-47-41-33-29-28-30-37-43-49-55-67(6)9-3)64-88-92(80,81)86-60-68(75)61-87-93(82,83)89-65-70(63-85-72(77)57-51-45-39-35-34-36-42-48-54-66(4)5)90-73(78)58-52-46-40-32-27-25-23-21-19-17-15-13-11-8-2/h66-70,75H,7-65H2,1-6H3,(H,80,81)(H,82,83)/t67?,68-,69-,70-/m1/s1. The molecule has 19 heteroatoms. The first-order valence-electron chi connectivity index (χ1n) is 38.5. The molecule has 0 rings (SSSR count). The van der Waals surface area contributed by atoms with Gasteiger partial charge in [0.1, 0.15) is 19.3 Å². The Morgan fingerprint density at radius 2 is 0.548 bits per heavy atom. The van der Waals surface area contributed by atoms with E-state index in [0.29, 0.717) is 25.7 Å². The van der Waals surface area contributed by atoms with Crippen molar-refractivity contribution in [2.45, 2.75) is 400 Å². The van der Waals surface area contributed by atoms with Gasteiger partial charge in [-0.05, 0) is 37.5 Å². The van der Waals surface area contributed by atoms with E-state index in [-0.39, 0.29) is 25.7 Å². The van der Waals surface area contributed by atoms with Gasteiger partial charge in [-0.1, -0.05) is 330 Å². The van der Waals surface area contributed by atoms with Gasteiger partial charge in [0.2, 0.25) is 0 Å². The summed E-state index contributed by atoms with van der Waals surface area (Å²) in [5, 5.41) is 10.6. The Morgan fingerprint density at radius 3 is 0.817 bits per heavy atom. The maximum atomic E-state index is 13.1. The molecule has 0 aromatic heterocycles. The highest BCUT2D eigenvalue weighted by Gasteiger charge is 2.30. The number of carbonyl (C=O) groups is 4. The number of carbonyl (C=O) groups excluding carboxylic acids is 4. The first-order chi connectivity index (χ1) is 44.9. The Kier molecular flexibility index (Phi) is 64.6. The average Bonchev–Trinajstić information content (AvgIpc) is 2.22. The van der Waals surface area contributed by atoms with Gasteiger partial charge in [0, 0.05) is 25.7 Å². The number of phosphoric ester groups is 2. The van der Waals surface area contributed by atoms with Crippen LogP contribution in [0.25, 0.3) is 0 Å². The van der Waals surface area contributed by atoms with E-state index in [4.69, 9.17) is 37.0 Å². The number of phosphoric acid groups is 2. The smallest absolute Gasteiger partial charge is 0.462 e. The fourth-order valence-electron chi connectivity index (χ4n) is 11.3. The topological polar surface area (TPSA) is 237 Å². The number of rotatable bonds is 73. The second-order valence-corrected chi connectivity index (χ2v) is 30.3. The van der Waals surface area contributed by atoms with Crippen LogP contribution in [0.3, 0.4) is 0 Å². The summed E-state index contributed by atoms with van der Waals surface area (Å²) in [6.45, 7) is 9.58. The highest BCUT2D eigenvalue weighted by atomic mass is 31.2. The van der Waals surface area contributed by atoms with Crippen LogP contribution in [0.4, 0.5) is 0 Å². The lowest BCUT2D eigenvalue weighted by Crippen LogP contribution is -2.30. The molecule has 3 unspecified atom stereocenters. The van der Waals surface area contributed by atoms with Crippen LogP contribution in [-0.2, 0) is 65.4 Å². The van der Waals surface area contributed by atoms with Gasteiger partial charge in [0.15, 0.2) is 12.2 Å². The number of aliphatic hydroxyl groups is 1. The predicted molar refractivity (Wildman–Crippen MR) is 377 cm³/mol. The van der Waals surface area contributed by atoms with Crippen molar-refractivity contribution in [2.75, 3.05) is 39.6 Å². The third-order valence-corrected chi connectivity index (χ3v) is 19.5. The highest BCUT2D eigenvalue weighted by Crippen LogP contribution is 2.45. The van der Waals surface area contributed by atoms with Crippen molar-refractivity contribution in [3.8, 4) is 0 Å². The molecule has 0 aromatic rings. The van der Waals surface area contributed by atoms with Gasteiger partial charge < -0.3 is 33.8 Å². The zero-order chi connectivity index (χ0) is 68.6. The summed E-state index contributed by atoms with van der Waals surface area (Å²) in [4.78, 5) is 72.8. The zero-order valence-electron chi connectivity index (χ0n) is 60.6. The van der Waals surface area contributed by atoms with E-state index in [1.165, 1.54) is 199 Å². The SMILES string of the molecule is CCCCCCCCCCCCCCCCC(=O)OC[C@H](COP(=O)(O)OC[C@@H](O)COP(=O)(O)OC[C@@H](COC(=O)CCCCCCCCCCC(C)C)OC(=O)CCCCCCCCCCCCCCCC)OC(=O)CCCCCCCCCCCCC(C)CC. The van der Waals surface area contributed by atoms with Crippen molar-refractivity contribution in [1.29, 1.82) is 0 Å². The van der Waals surface area contributed by atoms with Gasteiger partial charge in [0.05, 0.1) is 26.4 Å². The van der Waals surface area contributed by atoms with E-state index >= 15 is 0 Å². The van der Waals surface area contributed by atoms with Crippen molar-refractivity contribution in [2.24, 2.45) is 11.8 Å². The van der Waals surface area contributed by atoms with Crippen molar-refractivity contribution in [1.82, 2.24) is 0 Å². The number of esters is 4. The van der Waals surface area contributed by atoms with Crippen molar-refractivity contribution < 1.29 is 80.2 Å². The van der Waals surface area contributed by atoms with E-state index in [2.05, 4.69) is 41.5 Å². The zero-order valence-corrected chi connectivity index (χ0v) is 62.3. The molecule has 0 aliphatic rings. The van der Waals surface area contributed by atoms with E-state index in [1.54, 1.807) is 0 Å². The summed E-state index contributed by atoms with van der Waals surface area (Å²) >= 11 is 0. The van der Waals surface area contributed by atoms with Crippen molar-refractivity contribution >= 4 is 39.5 Å². The molecule has 0 amide bonds. The largest absolute Gasteiger partial charge is 0.472 e. The van der Waals surface area contributed by atoms with Gasteiger partial charge in [-0.25, -0.2) is 9.13 Å². The molecule has 0 bridgehead atoms. The molecule has 0 saturated heterocycles. The van der Waals surface area contributed by atoms with Crippen LogP contribution in [-0.4, -0.2) is 96.7 Å². The van der Waals surface area contributed by atoms with Gasteiger partial charge in [0.25, 0.3) is 0 Å². The summed E-state index contributed by atoms with van der Waals surface area (Å²) in [6.07, 6.45) is 52.5. The third-order valence-electron chi connectivity index (χ3n) is 17.6. The van der Waals surface area contributed by atoms with Crippen LogP contribution < -0.4 is 0 Å². The van der Waals surface area contributed by atoms with E-state index < -0.39 is 97.5 Å². The Balaban J connectivity index is 5.27. The maximum Gasteiger partial charge on any atom is 0.472 e. The maximum absolute atomic E-state index is 13.1. The van der Waals surface area contributed by atoms with Crippen LogP contribution in [0.1, 0.15) is 382 Å². The third kappa shape index (κ3) is 67.0. The monoisotopic (exact) mass is 1370 g/mol. The molecule has 552 valence electrons. The molecule has 3 N–H and O–H groups in total. The molecular weight excluding hydrogens is 1220 g/mol. The molecule has 0 aliphatic carbocycles. The number of unbranched alkanes of at least 4 members (excludes halogenated alkanes) is 42. The molecule has 93 heavy (non-hydrogen) atoms. The Hall–Kier alpha value is -1.94. The molecule has 0 fully saturated rings. The van der Waals surface area contributed by atoms with Crippen LogP contribution in [0.2, 0.25) is 0 Å². The summed E-state index contributed by atoms with van der Waals surface area (Å²) in [7, 11) is -9.91. The van der Waals surface area contributed by atoms with E-state index in [0.717, 1.165) is 102 Å². The molecular formula is C74H144O17P2. The Labute approximate surface area is 568 Å². The van der Waals surface area contributed by atoms with Gasteiger partial charge in [-0.3, -0.25) is 37.3 Å². The number of aliphatic hydroxyl groups excluding tert-OH is 1. The quantitative estimate of drug-likeness (QED) is 0.0222. The highest BCUT2D eigenvalue weighted by molar-refractivity contribution is 7.47. The summed E-state index contributed by atoms with van der Waals surface area (Å²) < 4.78 is 68.5. The van der Waals surface area contributed by atoms with Crippen LogP contribution >= 0.6 is 15.6 Å². The average molecular weight is 1370 g/mol.